The monoisotopic (exact) mass is 221 g/mol. The van der Waals surface area contributed by atoms with Crippen LogP contribution >= 0.6 is 0 Å². The zero-order valence-corrected chi connectivity index (χ0v) is 9.81. The third kappa shape index (κ3) is 2.73. The van der Waals surface area contributed by atoms with E-state index in [4.69, 9.17) is 11.5 Å². The van der Waals surface area contributed by atoms with Crippen LogP contribution < -0.4 is 16.4 Å². The number of nitrogens with two attached hydrogens (primary N) is 2. The molecule has 1 atom stereocenters. The van der Waals surface area contributed by atoms with Crippen LogP contribution in [-0.2, 0) is 11.3 Å². The average Bonchev–Trinajstić information content (AvgIpc) is 2.30. The van der Waals surface area contributed by atoms with Crippen LogP contribution in [0.1, 0.15) is 19.4 Å². The number of hydrogen-bond acceptors (Lipinski definition) is 3. The van der Waals surface area contributed by atoms with Gasteiger partial charge in [-0.2, -0.15) is 0 Å². The van der Waals surface area contributed by atoms with Crippen molar-refractivity contribution in [1.29, 1.82) is 0 Å². The van der Waals surface area contributed by atoms with E-state index in [-0.39, 0.29) is 11.9 Å². The number of rotatable bonds is 5. The van der Waals surface area contributed by atoms with Crippen LogP contribution in [0.4, 0.5) is 5.69 Å². The quantitative estimate of drug-likeness (QED) is 0.774. The van der Waals surface area contributed by atoms with E-state index in [1.807, 2.05) is 43.0 Å². The largest absolute Gasteiger partial charge is 0.368 e. The summed E-state index contributed by atoms with van der Waals surface area (Å²) >= 11 is 0. The van der Waals surface area contributed by atoms with Crippen LogP contribution in [0.15, 0.2) is 24.3 Å². The zero-order valence-electron chi connectivity index (χ0n) is 9.81. The molecule has 1 amide bonds. The van der Waals surface area contributed by atoms with Gasteiger partial charge in [0.15, 0.2) is 0 Å². The van der Waals surface area contributed by atoms with Crippen molar-refractivity contribution in [1.82, 2.24) is 0 Å². The van der Waals surface area contributed by atoms with Crippen LogP contribution in [0, 0.1) is 0 Å². The smallest absolute Gasteiger partial charge is 0.239 e. The first kappa shape index (κ1) is 12.5. The molecular formula is C12H19N3O. The Kier molecular flexibility index (Phi) is 4.31. The highest BCUT2D eigenvalue weighted by Gasteiger charge is 2.17. The van der Waals surface area contributed by atoms with Gasteiger partial charge < -0.3 is 16.4 Å². The molecule has 0 aliphatic heterocycles. The molecule has 0 aromatic heterocycles. The summed E-state index contributed by atoms with van der Waals surface area (Å²) in [7, 11) is 0. The summed E-state index contributed by atoms with van der Waals surface area (Å²) in [6.07, 6.45) is 0. The second-order valence-electron chi connectivity index (χ2n) is 3.73. The van der Waals surface area contributed by atoms with Gasteiger partial charge in [0, 0.05) is 18.8 Å². The second-order valence-corrected chi connectivity index (χ2v) is 3.73. The maximum absolute atomic E-state index is 11.2. The SMILES string of the molecule is CCN(c1ccc(CN)cc1)C(C)C(N)=O. The second kappa shape index (κ2) is 5.51. The Morgan fingerprint density at radius 1 is 1.38 bits per heavy atom. The maximum Gasteiger partial charge on any atom is 0.239 e. The molecule has 1 unspecified atom stereocenters. The normalized spacial score (nSPS) is 12.2. The molecule has 0 bridgehead atoms. The van der Waals surface area contributed by atoms with Gasteiger partial charge in [-0.1, -0.05) is 12.1 Å². The first-order valence-electron chi connectivity index (χ1n) is 5.45. The minimum Gasteiger partial charge on any atom is -0.368 e. The number of primary amides is 1. The van der Waals surface area contributed by atoms with Crippen LogP contribution in [0.25, 0.3) is 0 Å². The standard InChI is InChI=1S/C12H19N3O/c1-3-15(9(2)12(14)16)11-6-4-10(8-13)5-7-11/h4-7,9H,3,8,13H2,1-2H3,(H2,14,16). The predicted molar refractivity (Wildman–Crippen MR) is 66.0 cm³/mol. The Labute approximate surface area is 96.2 Å². The molecule has 4 heteroatoms. The number of hydrogen-bond donors (Lipinski definition) is 2. The van der Waals surface area contributed by atoms with E-state index in [2.05, 4.69) is 0 Å². The number of nitrogens with zero attached hydrogens (tertiary/aromatic N) is 1. The lowest BCUT2D eigenvalue weighted by Crippen LogP contribution is -2.42. The molecular weight excluding hydrogens is 202 g/mol. The van der Waals surface area contributed by atoms with Crippen LogP contribution in [-0.4, -0.2) is 18.5 Å². The van der Waals surface area contributed by atoms with E-state index >= 15 is 0 Å². The number of anilines is 1. The summed E-state index contributed by atoms with van der Waals surface area (Å²) in [6, 6.07) is 7.56. The summed E-state index contributed by atoms with van der Waals surface area (Å²) in [5.74, 6) is -0.315. The highest BCUT2D eigenvalue weighted by atomic mass is 16.1. The summed E-state index contributed by atoms with van der Waals surface area (Å²) in [6.45, 7) is 5.07. The van der Waals surface area contributed by atoms with Crippen molar-refractivity contribution < 1.29 is 4.79 Å². The van der Waals surface area contributed by atoms with E-state index < -0.39 is 0 Å². The van der Waals surface area contributed by atoms with Gasteiger partial charge in [0.05, 0.1) is 0 Å². The van der Waals surface area contributed by atoms with E-state index in [1.54, 1.807) is 0 Å². The molecule has 1 aromatic carbocycles. The van der Waals surface area contributed by atoms with Gasteiger partial charge in [0.2, 0.25) is 5.91 Å². The number of carbonyl (C=O) groups excluding carboxylic acids is 1. The van der Waals surface area contributed by atoms with Gasteiger partial charge in [-0.15, -0.1) is 0 Å². The summed E-state index contributed by atoms with van der Waals surface area (Å²) in [5, 5.41) is 0. The van der Waals surface area contributed by atoms with E-state index in [9.17, 15) is 4.79 Å². The lowest BCUT2D eigenvalue weighted by Gasteiger charge is -2.28. The van der Waals surface area contributed by atoms with E-state index in [0.29, 0.717) is 6.54 Å². The number of benzene rings is 1. The van der Waals surface area contributed by atoms with Gasteiger partial charge in [-0.05, 0) is 31.5 Å². The third-order valence-electron chi connectivity index (χ3n) is 2.72. The predicted octanol–water partition coefficient (Wildman–Crippen LogP) is 0.845. The Hall–Kier alpha value is -1.55. The first-order chi connectivity index (χ1) is 7.60. The van der Waals surface area contributed by atoms with E-state index in [1.165, 1.54) is 0 Å². The van der Waals surface area contributed by atoms with Crippen molar-refractivity contribution in [2.24, 2.45) is 11.5 Å². The molecule has 4 nitrogen and oxygen atoms in total. The van der Waals surface area contributed by atoms with Gasteiger partial charge >= 0.3 is 0 Å². The van der Waals surface area contributed by atoms with Crippen molar-refractivity contribution in [2.45, 2.75) is 26.4 Å². The molecule has 0 radical (unpaired) electrons. The Morgan fingerprint density at radius 2 is 1.94 bits per heavy atom. The lowest BCUT2D eigenvalue weighted by atomic mass is 10.1. The summed E-state index contributed by atoms with van der Waals surface area (Å²) in [4.78, 5) is 13.1. The molecule has 0 aliphatic rings. The highest BCUT2D eigenvalue weighted by molar-refractivity contribution is 5.83. The molecule has 0 aliphatic carbocycles. The van der Waals surface area contributed by atoms with Crippen LogP contribution in [0.5, 0.6) is 0 Å². The fourth-order valence-corrected chi connectivity index (χ4v) is 1.66. The molecule has 0 saturated carbocycles. The van der Waals surface area contributed by atoms with Crippen LogP contribution in [0.3, 0.4) is 0 Å². The maximum atomic E-state index is 11.2. The molecule has 1 aromatic rings. The van der Waals surface area contributed by atoms with Gasteiger partial charge in [-0.25, -0.2) is 0 Å². The summed E-state index contributed by atoms with van der Waals surface area (Å²) < 4.78 is 0. The van der Waals surface area contributed by atoms with Crippen molar-refractivity contribution in [3.63, 3.8) is 0 Å². The van der Waals surface area contributed by atoms with Crippen molar-refractivity contribution >= 4 is 11.6 Å². The molecule has 0 spiro atoms. The van der Waals surface area contributed by atoms with Gasteiger partial charge in [-0.3, -0.25) is 4.79 Å². The summed E-state index contributed by atoms with van der Waals surface area (Å²) in [5.41, 5.74) is 12.9. The molecule has 4 N–H and O–H groups in total. The molecule has 0 heterocycles. The number of likely N-dealkylation sites (N-methyl/N-ethyl adjacent to an activating group) is 1. The lowest BCUT2D eigenvalue weighted by molar-refractivity contribution is -0.118. The fourth-order valence-electron chi connectivity index (χ4n) is 1.66. The van der Waals surface area contributed by atoms with Crippen molar-refractivity contribution in [2.75, 3.05) is 11.4 Å². The fraction of sp³-hybridized carbons (Fsp3) is 0.417. The average molecular weight is 221 g/mol. The van der Waals surface area contributed by atoms with Gasteiger partial charge in [0.25, 0.3) is 0 Å². The minimum atomic E-state index is -0.315. The molecule has 0 saturated heterocycles. The minimum absolute atomic E-state index is 0.297. The topological polar surface area (TPSA) is 72.3 Å². The molecule has 16 heavy (non-hydrogen) atoms. The molecule has 1 rings (SSSR count). The number of amides is 1. The van der Waals surface area contributed by atoms with Crippen molar-refractivity contribution in [3.05, 3.63) is 29.8 Å². The Morgan fingerprint density at radius 3 is 2.31 bits per heavy atom. The van der Waals surface area contributed by atoms with E-state index in [0.717, 1.165) is 17.8 Å². The van der Waals surface area contributed by atoms with Gasteiger partial charge in [0.1, 0.15) is 6.04 Å². The third-order valence-corrected chi connectivity index (χ3v) is 2.72. The Bertz CT molecular complexity index is 348. The Balaban J connectivity index is 2.90. The zero-order chi connectivity index (χ0) is 12.1. The first-order valence-corrected chi connectivity index (χ1v) is 5.45. The van der Waals surface area contributed by atoms with Crippen LogP contribution in [0.2, 0.25) is 0 Å². The highest BCUT2D eigenvalue weighted by Crippen LogP contribution is 2.17. The molecule has 88 valence electrons. The number of carbonyl (C=O) groups is 1. The molecule has 0 fully saturated rings. The van der Waals surface area contributed by atoms with Crippen molar-refractivity contribution in [3.8, 4) is 0 Å².